The van der Waals surface area contributed by atoms with Gasteiger partial charge in [0.05, 0.1) is 22.3 Å². The Hall–Kier alpha value is -6.35. The Bertz CT molecular complexity index is 3530. The van der Waals surface area contributed by atoms with Crippen molar-refractivity contribution in [3.05, 3.63) is 191 Å². The van der Waals surface area contributed by atoms with E-state index in [9.17, 15) is 10.6 Å². The minimum absolute atomic E-state index is 0. The maximum atomic E-state index is 12.4. The fourth-order valence-electron chi connectivity index (χ4n) is 8.95. The minimum Gasteiger partial charge on any atom is -0.507 e. The van der Waals surface area contributed by atoms with Gasteiger partial charge >= 0.3 is 0 Å². The predicted octanol–water partition coefficient (Wildman–Crippen LogP) is 17.0. The van der Waals surface area contributed by atoms with Crippen molar-refractivity contribution in [1.29, 1.82) is 0 Å². The number of hydrogen-bond donors (Lipinski definition) is 1. The molecule has 1 N–H and O–H groups in total. The SMILES string of the molecule is [2H]C([2H])([2H])c1cc(-c2c(C([2H])(C)C)cccc2C([2H])(C)C)ccc1-n1c(-c2cc(C([2H])(C)C)cc(C([2H])(C)C)c2O)nc2c(-c3[c-]c(-c4cc(-c5ccc(C)cc5)ccn4)cc(-c4ccccc4)c3)cccc21.[Pt]. The van der Waals surface area contributed by atoms with Crippen LogP contribution >= 0.6 is 0 Å². The third-order valence-corrected chi connectivity index (χ3v) is 12.5. The van der Waals surface area contributed by atoms with Crippen LogP contribution in [-0.4, -0.2) is 19.6 Å². The van der Waals surface area contributed by atoms with E-state index >= 15 is 0 Å². The van der Waals surface area contributed by atoms with E-state index in [1.165, 1.54) is 5.56 Å². The third kappa shape index (κ3) is 9.22. The van der Waals surface area contributed by atoms with E-state index in [1.54, 1.807) is 84.2 Å². The van der Waals surface area contributed by atoms with Gasteiger partial charge in [0.1, 0.15) is 11.6 Å². The van der Waals surface area contributed by atoms with Crippen LogP contribution in [0.3, 0.4) is 0 Å². The molecule has 0 amide bonds. The van der Waals surface area contributed by atoms with Crippen LogP contribution < -0.4 is 0 Å². The van der Waals surface area contributed by atoms with Crippen molar-refractivity contribution in [3.8, 4) is 78.6 Å². The summed E-state index contributed by atoms with van der Waals surface area (Å²) in [6.07, 6.45) is 1.81. The van der Waals surface area contributed by atoms with Gasteiger partial charge < -0.3 is 5.11 Å². The van der Waals surface area contributed by atoms with Gasteiger partial charge in [0.15, 0.2) is 0 Å². The molecule has 0 saturated heterocycles. The number of para-hydroxylation sites is 1. The van der Waals surface area contributed by atoms with Gasteiger partial charge in [-0.3, -0.25) is 9.55 Å². The normalized spacial score (nSPS) is 14.0. The molecule has 4 nitrogen and oxygen atoms in total. The summed E-state index contributed by atoms with van der Waals surface area (Å²) in [7, 11) is 0. The average molecular weight is 1070 g/mol. The van der Waals surface area contributed by atoms with E-state index in [4.69, 9.17) is 14.1 Å². The summed E-state index contributed by atoms with van der Waals surface area (Å²) in [5.41, 5.74) is 12.8. The van der Waals surface area contributed by atoms with Crippen molar-refractivity contribution >= 4 is 11.0 Å². The van der Waals surface area contributed by atoms with Crippen molar-refractivity contribution < 1.29 is 35.8 Å². The maximum absolute atomic E-state index is 12.4. The van der Waals surface area contributed by atoms with Crippen LogP contribution in [0.4, 0.5) is 0 Å². The van der Waals surface area contributed by atoms with Crippen LogP contribution in [0.25, 0.3) is 83.9 Å². The number of phenols is 1. The number of benzene rings is 7. The predicted molar refractivity (Wildman–Crippen MR) is 278 cm³/mol. The Balaban J connectivity index is 0.00000729. The molecule has 0 spiro atoms. The minimum atomic E-state index is -2.70. The number of phenolic OH excluding ortho intramolecular Hbond substituents is 1. The molecule has 2 heterocycles. The molecular formula is C62H60N3OPt-. The zero-order chi connectivity index (χ0) is 52.6. The van der Waals surface area contributed by atoms with Crippen LogP contribution in [0.2, 0.25) is 0 Å². The van der Waals surface area contributed by atoms with Gasteiger partial charge in [0.2, 0.25) is 0 Å². The second-order valence-electron chi connectivity index (χ2n) is 18.2. The molecule has 0 atom stereocenters. The van der Waals surface area contributed by atoms with Crippen LogP contribution in [0, 0.1) is 19.8 Å². The number of pyridine rings is 1. The molecule has 0 aliphatic rings. The summed E-state index contributed by atoms with van der Waals surface area (Å²) in [5, 5.41) is 12.4. The van der Waals surface area contributed by atoms with Crippen LogP contribution in [0.1, 0.15) is 122 Å². The monoisotopic (exact) mass is 1060 g/mol. The zero-order valence-corrected chi connectivity index (χ0v) is 41.8. The second kappa shape index (κ2) is 19.5. The van der Waals surface area contributed by atoms with Crippen LogP contribution in [0.15, 0.2) is 152 Å². The Kier molecular flexibility index (Phi) is 11.3. The van der Waals surface area contributed by atoms with E-state index in [2.05, 4.69) is 67.6 Å². The Morgan fingerprint density at radius 2 is 1.24 bits per heavy atom. The molecule has 9 aromatic rings. The Morgan fingerprint density at radius 3 is 1.91 bits per heavy atom. The van der Waals surface area contributed by atoms with E-state index in [1.807, 2.05) is 72.9 Å². The molecule has 0 aliphatic carbocycles. The molecule has 67 heavy (non-hydrogen) atoms. The van der Waals surface area contributed by atoms with Gasteiger partial charge in [-0.2, -0.15) is 0 Å². The molecule has 2 aromatic heterocycles. The number of nitrogens with zero attached hydrogens (tertiary/aromatic N) is 3. The molecule has 7 aromatic carbocycles. The quantitative estimate of drug-likeness (QED) is 0.131. The smallest absolute Gasteiger partial charge is 0.148 e. The van der Waals surface area contributed by atoms with E-state index in [0.717, 1.165) is 33.5 Å². The number of hydrogen-bond acceptors (Lipinski definition) is 3. The first kappa shape index (κ1) is 38.7. The van der Waals surface area contributed by atoms with Gasteiger partial charge in [-0.05, 0) is 123 Å². The summed E-state index contributed by atoms with van der Waals surface area (Å²) in [4.78, 5) is 10.3. The number of aromatic hydroxyl groups is 1. The fraction of sp³-hybridized carbons (Fsp3) is 0.226. The number of imidazole rings is 1. The first-order valence-corrected chi connectivity index (χ1v) is 22.5. The van der Waals surface area contributed by atoms with Crippen molar-refractivity contribution in [1.82, 2.24) is 14.5 Å². The summed E-state index contributed by atoms with van der Waals surface area (Å²) in [6, 6.07) is 50.4. The van der Waals surface area contributed by atoms with E-state index < -0.39 is 30.4 Å². The van der Waals surface area contributed by atoms with Crippen LogP contribution in [0.5, 0.6) is 5.75 Å². The van der Waals surface area contributed by atoms with Gasteiger partial charge in [0, 0.05) is 42.6 Å². The summed E-state index contributed by atoms with van der Waals surface area (Å²) in [6.45, 7) is 13.4. The molecule has 0 saturated carbocycles. The number of fused-ring (bicyclic) bond motifs is 1. The van der Waals surface area contributed by atoms with Gasteiger partial charge in [-0.1, -0.05) is 181 Å². The van der Waals surface area contributed by atoms with Crippen molar-refractivity contribution in [2.75, 3.05) is 0 Å². The van der Waals surface area contributed by atoms with Gasteiger partial charge in [-0.15, -0.1) is 23.8 Å². The Labute approximate surface area is 421 Å². The topological polar surface area (TPSA) is 50.9 Å². The Morgan fingerprint density at radius 1 is 0.582 bits per heavy atom. The zero-order valence-electron chi connectivity index (χ0n) is 46.5. The summed E-state index contributed by atoms with van der Waals surface area (Å²) >= 11 is 0. The molecule has 0 unspecified atom stereocenters. The molecule has 0 aliphatic heterocycles. The average Bonchev–Trinajstić information content (AvgIpc) is 3.72. The van der Waals surface area contributed by atoms with Crippen molar-refractivity contribution in [2.24, 2.45) is 0 Å². The van der Waals surface area contributed by atoms with E-state index in [-0.39, 0.29) is 49.5 Å². The van der Waals surface area contributed by atoms with Crippen molar-refractivity contribution in [2.45, 2.75) is 92.7 Å². The van der Waals surface area contributed by atoms with Gasteiger partial charge in [0.25, 0.3) is 0 Å². The number of aromatic nitrogens is 3. The largest absolute Gasteiger partial charge is 0.507 e. The first-order valence-electron chi connectivity index (χ1n) is 26.0. The third-order valence-electron chi connectivity index (χ3n) is 12.5. The van der Waals surface area contributed by atoms with E-state index in [0.29, 0.717) is 55.5 Å². The molecule has 0 fully saturated rings. The van der Waals surface area contributed by atoms with Crippen LogP contribution in [-0.2, 0) is 21.1 Å². The summed E-state index contributed by atoms with van der Waals surface area (Å²) in [5.74, 6) is -4.64. The first-order chi connectivity index (χ1) is 34.2. The number of aryl methyl sites for hydroxylation is 2. The summed E-state index contributed by atoms with van der Waals surface area (Å²) < 4.78 is 66.0. The number of rotatable bonds is 11. The maximum Gasteiger partial charge on any atom is 0.148 e. The molecule has 9 rings (SSSR count). The van der Waals surface area contributed by atoms with Crippen molar-refractivity contribution in [3.63, 3.8) is 0 Å². The molecule has 5 heteroatoms. The fourth-order valence-corrected chi connectivity index (χ4v) is 8.95. The molecule has 0 radical (unpaired) electrons. The molecule has 0 bridgehead atoms. The molecule has 340 valence electrons. The second-order valence-corrected chi connectivity index (χ2v) is 18.2. The standard InChI is InChI=1S/C62H60N3O.Pt/c1-37(2)47-34-54(40(7)8)61(66)55(35-47)62-64-60-53(20-15-21-58(60)65(62)57-27-26-46(30-42(57)10)59-51(38(3)4)18-14-19-52(59)39(5)6)49-31-48(43-16-12-11-13-17-43)32-50(33-49)56-36-45(28-29-63-56)44-24-22-41(9)23-25-44;/h11-32,34-40,66H,1-10H3;/q-1;/i10D3,37D,38D,39D,40D;. The molecular weight excluding hydrogens is 998 g/mol. The van der Waals surface area contributed by atoms with Gasteiger partial charge in [-0.25, -0.2) is 4.98 Å².